The van der Waals surface area contributed by atoms with E-state index in [1.165, 1.54) is 0 Å². The predicted octanol–water partition coefficient (Wildman–Crippen LogP) is 2.54. The molecule has 1 aromatic heterocycles. The fourth-order valence-corrected chi connectivity index (χ4v) is 2.62. The van der Waals surface area contributed by atoms with Crippen molar-refractivity contribution in [3.05, 3.63) is 27.7 Å². The molecule has 0 spiro atoms. The van der Waals surface area contributed by atoms with Crippen LogP contribution in [0.2, 0.25) is 0 Å². The Hall–Kier alpha value is -0.490. The van der Waals surface area contributed by atoms with Gasteiger partial charge in [-0.15, -0.1) is 11.3 Å². The number of hydrogen-bond donors (Lipinski definition) is 2. The van der Waals surface area contributed by atoms with E-state index in [1.54, 1.807) is 11.3 Å². The van der Waals surface area contributed by atoms with Crippen LogP contribution in [0.4, 0.5) is 0 Å². The Morgan fingerprint density at radius 2 is 2.38 bits per heavy atom. The molecule has 2 aromatic rings. The summed E-state index contributed by atoms with van der Waals surface area (Å²) in [4.78, 5) is 4.35. The highest BCUT2D eigenvalue weighted by Crippen LogP contribution is 2.27. The second-order valence-electron chi connectivity index (χ2n) is 2.53. The molecular formula is C8H7BrN2OS. The lowest BCUT2D eigenvalue weighted by atomic mass is 10.3. The Labute approximate surface area is 87.5 Å². The molecule has 13 heavy (non-hydrogen) atoms. The lowest BCUT2D eigenvalue weighted by Crippen LogP contribution is -2.05. The van der Waals surface area contributed by atoms with E-state index in [0.29, 0.717) is 6.54 Å². The van der Waals surface area contributed by atoms with Crippen molar-refractivity contribution in [3.8, 4) is 0 Å². The van der Waals surface area contributed by atoms with Gasteiger partial charge in [0.1, 0.15) is 5.01 Å². The Morgan fingerprint density at radius 1 is 1.54 bits per heavy atom. The number of halogens is 1. The molecule has 0 atom stereocenters. The Bertz CT molecular complexity index is 429. The predicted molar refractivity (Wildman–Crippen MR) is 55.9 cm³/mol. The van der Waals surface area contributed by atoms with Gasteiger partial charge >= 0.3 is 0 Å². The molecule has 3 nitrogen and oxygen atoms in total. The maximum Gasteiger partial charge on any atom is 0.110 e. The number of rotatable bonds is 2. The molecule has 2 rings (SSSR count). The SMILES string of the molecule is ONCc1nc2c(Br)cccc2s1. The molecule has 2 N–H and O–H groups in total. The molecule has 1 heterocycles. The second kappa shape index (κ2) is 3.71. The zero-order valence-corrected chi connectivity index (χ0v) is 9.02. The van der Waals surface area contributed by atoms with Crippen LogP contribution in [0.25, 0.3) is 10.2 Å². The van der Waals surface area contributed by atoms with E-state index >= 15 is 0 Å². The molecule has 0 fully saturated rings. The average molecular weight is 259 g/mol. The van der Waals surface area contributed by atoms with Gasteiger partial charge in [0.15, 0.2) is 0 Å². The van der Waals surface area contributed by atoms with E-state index in [9.17, 15) is 0 Å². The van der Waals surface area contributed by atoms with Gasteiger partial charge in [-0.3, -0.25) is 0 Å². The van der Waals surface area contributed by atoms with Crippen molar-refractivity contribution in [2.45, 2.75) is 6.54 Å². The molecule has 0 aliphatic rings. The number of thiazole rings is 1. The highest BCUT2D eigenvalue weighted by atomic mass is 79.9. The third-order valence-electron chi connectivity index (χ3n) is 1.64. The van der Waals surface area contributed by atoms with Crippen LogP contribution in [0.3, 0.4) is 0 Å². The molecule has 0 saturated heterocycles. The minimum absolute atomic E-state index is 0.395. The van der Waals surface area contributed by atoms with Gasteiger partial charge in [0.2, 0.25) is 0 Å². The van der Waals surface area contributed by atoms with E-state index in [-0.39, 0.29) is 0 Å². The third kappa shape index (κ3) is 1.73. The first-order chi connectivity index (χ1) is 6.31. The lowest BCUT2D eigenvalue weighted by molar-refractivity contribution is 0.161. The van der Waals surface area contributed by atoms with E-state index in [2.05, 4.69) is 26.4 Å². The fraction of sp³-hybridized carbons (Fsp3) is 0.125. The number of nitrogens with zero attached hydrogens (tertiary/aromatic N) is 1. The molecule has 1 aromatic carbocycles. The van der Waals surface area contributed by atoms with Crippen molar-refractivity contribution >= 4 is 37.5 Å². The largest absolute Gasteiger partial charge is 0.316 e. The molecular weight excluding hydrogens is 252 g/mol. The first kappa shape index (κ1) is 9.08. The van der Waals surface area contributed by atoms with Crippen molar-refractivity contribution in [2.75, 3.05) is 0 Å². The van der Waals surface area contributed by atoms with E-state index in [0.717, 1.165) is 19.7 Å². The van der Waals surface area contributed by atoms with Gasteiger partial charge < -0.3 is 5.21 Å². The molecule has 0 saturated carbocycles. The quantitative estimate of drug-likeness (QED) is 0.814. The minimum Gasteiger partial charge on any atom is -0.316 e. The van der Waals surface area contributed by atoms with Crippen LogP contribution in [0.15, 0.2) is 22.7 Å². The first-order valence-corrected chi connectivity index (χ1v) is 5.33. The molecule has 0 aliphatic heterocycles. The lowest BCUT2D eigenvalue weighted by Gasteiger charge is -1.89. The summed E-state index contributed by atoms with van der Waals surface area (Å²) in [6.45, 7) is 0.395. The topological polar surface area (TPSA) is 45.1 Å². The number of nitrogens with one attached hydrogen (secondary N) is 1. The van der Waals surface area contributed by atoms with Crippen molar-refractivity contribution in [1.29, 1.82) is 0 Å². The number of fused-ring (bicyclic) bond motifs is 1. The van der Waals surface area contributed by atoms with Crippen molar-refractivity contribution in [2.24, 2.45) is 0 Å². The van der Waals surface area contributed by atoms with Gasteiger partial charge in [0.25, 0.3) is 0 Å². The van der Waals surface area contributed by atoms with Crippen LogP contribution in [0, 0.1) is 0 Å². The molecule has 0 bridgehead atoms. The summed E-state index contributed by atoms with van der Waals surface area (Å²) in [6.07, 6.45) is 0. The average Bonchev–Trinajstić information content (AvgIpc) is 2.49. The highest BCUT2D eigenvalue weighted by molar-refractivity contribution is 9.10. The standard InChI is InChI=1S/C8H7BrN2OS/c9-5-2-1-3-6-8(5)11-7(13-6)4-10-12/h1-3,10,12H,4H2. The maximum atomic E-state index is 8.52. The third-order valence-corrected chi connectivity index (χ3v) is 3.30. The van der Waals surface area contributed by atoms with Gasteiger partial charge in [0.05, 0.1) is 16.8 Å². The molecule has 0 radical (unpaired) electrons. The molecule has 0 amide bonds. The van der Waals surface area contributed by atoms with Crippen LogP contribution in [0.1, 0.15) is 5.01 Å². The summed E-state index contributed by atoms with van der Waals surface area (Å²) in [7, 11) is 0. The second-order valence-corrected chi connectivity index (χ2v) is 4.50. The van der Waals surface area contributed by atoms with Gasteiger partial charge in [-0.1, -0.05) is 6.07 Å². The number of benzene rings is 1. The molecule has 0 unspecified atom stereocenters. The van der Waals surface area contributed by atoms with Crippen molar-refractivity contribution in [1.82, 2.24) is 10.5 Å². The van der Waals surface area contributed by atoms with Crippen molar-refractivity contribution < 1.29 is 5.21 Å². The summed E-state index contributed by atoms with van der Waals surface area (Å²) in [6, 6.07) is 5.94. The Kier molecular flexibility index (Phi) is 2.59. The van der Waals surface area contributed by atoms with Gasteiger partial charge in [-0.05, 0) is 28.1 Å². The zero-order valence-electron chi connectivity index (χ0n) is 6.62. The van der Waals surface area contributed by atoms with E-state index in [1.807, 2.05) is 18.2 Å². The summed E-state index contributed by atoms with van der Waals surface area (Å²) in [5.74, 6) is 0. The summed E-state index contributed by atoms with van der Waals surface area (Å²) in [5, 5.41) is 9.40. The van der Waals surface area contributed by atoms with Gasteiger partial charge in [-0.25, -0.2) is 4.98 Å². The maximum absolute atomic E-state index is 8.52. The van der Waals surface area contributed by atoms with Crippen LogP contribution in [0.5, 0.6) is 0 Å². The zero-order chi connectivity index (χ0) is 9.26. The van der Waals surface area contributed by atoms with E-state index in [4.69, 9.17) is 5.21 Å². The normalized spacial score (nSPS) is 10.9. The highest BCUT2D eigenvalue weighted by Gasteiger charge is 2.05. The summed E-state index contributed by atoms with van der Waals surface area (Å²) in [5.41, 5.74) is 3.05. The fourth-order valence-electron chi connectivity index (χ4n) is 1.10. The summed E-state index contributed by atoms with van der Waals surface area (Å²) < 4.78 is 2.12. The van der Waals surface area contributed by atoms with Crippen LogP contribution >= 0.6 is 27.3 Å². The first-order valence-electron chi connectivity index (χ1n) is 3.72. The van der Waals surface area contributed by atoms with Crippen LogP contribution in [-0.2, 0) is 6.54 Å². The van der Waals surface area contributed by atoms with Crippen LogP contribution < -0.4 is 5.48 Å². The Balaban J connectivity index is 2.55. The van der Waals surface area contributed by atoms with E-state index < -0.39 is 0 Å². The number of para-hydroxylation sites is 1. The molecule has 68 valence electrons. The van der Waals surface area contributed by atoms with Crippen LogP contribution in [-0.4, -0.2) is 10.2 Å². The van der Waals surface area contributed by atoms with Gasteiger partial charge in [0, 0.05) is 4.47 Å². The Morgan fingerprint density at radius 3 is 3.08 bits per heavy atom. The smallest absolute Gasteiger partial charge is 0.110 e. The molecule has 5 heteroatoms. The van der Waals surface area contributed by atoms with Crippen molar-refractivity contribution in [3.63, 3.8) is 0 Å². The number of hydrogen-bond acceptors (Lipinski definition) is 4. The summed E-state index contributed by atoms with van der Waals surface area (Å²) >= 11 is 4.99. The van der Waals surface area contributed by atoms with Gasteiger partial charge in [-0.2, -0.15) is 5.48 Å². The number of aromatic nitrogens is 1. The minimum atomic E-state index is 0.395. The number of hydroxylamine groups is 1. The monoisotopic (exact) mass is 258 g/mol. The molecule has 0 aliphatic carbocycles.